The molecule has 1 aliphatic heterocycles. The van der Waals surface area contributed by atoms with E-state index in [1.54, 1.807) is 4.90 Å². The molecule has 0 saturated carbocycles. The van der Waals surface area contributed by atoms with E-state index in [2.05, 4.69) is 0 Å². The molecule has 0 aliphatic carbocycles. The molecule has 0 aromatic heterocycles. The number of amides is 1. The van der Waals surface area contributed by atoms with Crippen molar-refractivity contribution in [3.8, 4) is 6.07 Å². The zero-order valence-corrected chi connectivity index (χ0v) is 6.71. The number of nitrogens with zero attached hydrogens (tertiary/aromatic N) is 2. The normalized spacial score (nSPS) is 23.3. The van der Waals surface area contributed by atoms with Crippen molar-refractivity contribution in [2.75, 3.05) is 6.54 Å². The quantitative estimate of drug-likeness (QED) is 0.560. The molecule has 0 aromatic carbocycles. The van der Waals surface area contributed by atoms with Gasteiger partial charge in [-0.05, 0) is 19.8 Å². The third kappa shape index (κ3) is 1.70. The van der Waals surface area contributed by atoms with E-state index in [1.807, 2.05) is 13.0 Å². The third-order valence-electron chi connectivity index (χ3n) is 2.10. The Morgan fingerprint density at radius 2 is 2.55 bits per heavy atom. The molecule has 1 rings (SSSR count). The number of hydrogen-bond acceptors (Lipinski definition) is 2. The highest BCUT2D eigenvalue weighted by molar-refractivity contribution is 5.78. The van der Waals surface area contributed by atoms with E-state index in [4.69, 9.17) is 5.26 Å². The summed E-state index contributed by atoms with van der Waals surface area (Å²) in [5.74, 6) is -0.0162. The number of hydrogen-bond donors (Lipinski definition) is 0. The van der Waals surface area contributed by atoms with Crippen LogP contribution in [-0.2, 0) is 4.79 Å². The van der Waals surface area contributed by atoms with Gasteiger partial charge in [0, 0.05) is 12.6 Å². The van der Waals surface area contributed by atoms with Gasteiger partial charge in [0.2, 0.25) is 5.91 Å². The summed E-state index contributed by atoms with van der Waals surface area (Å²) >= 11 is 0. The van der Waals surface area contributed by atoms with Crippen molar-refractivity contribution in [2.24, 2.45) is 0 Å². The van der Waals surface area contributed by atoms with E-state index < -0.39 is 0 Å². The molecule has 1 saturated heterocycles. The van der Waals surface area contributed by atoms with E-state index in [1.165, 1.54) is 0 Å². The zero-order chi connectivity index (χ0) is 8.27. The Labute approximate surface area is 66.6 Å². The Balaban J connectivity index is 2.47. The molecule has 3 nitrogen and oxygen atoms in total. The second kappa shape index (κ2) is 3.38. The number of likely N-dealkylation sites (tertiary alicyclic amines) is 1. The van der Waals surface area contributed by atoms with Gasteiger partial charge in [0.05, 0.1) is 6.07 Å². The molecule has 1 aliphatic rings. The SMILES string of the molecule is C[C@H]1CCCN1C(=O)CC#N. The molecule has 11 heavy (non-hydrogen) atoms. The molecule has 0 bridgehead atoms. The monoisotopic (exact) mass is 152 g/mol. The fraction of sp³-hybridized carbons (Fsp3) is 0.750. The molecular weight excluding hydrogens is 140 g/mol. The van der Waals surface area contributed by atoms with Crippen LogP contribution in [0, 0.1) is 11.3 Å². The highest BCUT2D eigenvalue weighted by Gasteiger charge is 2.24. The van der Waals surface area contributed by atoms with Gasteiger partial charge in [0.25, 0.3) is 0 Å². The Hall–Kier alpha value is -1.04. The minimum atomic E-state index is -0.0162. The summed E-state index contributed by atoms with van der Waals surface area (Å²) in [5, 5.41) is 8.29. The lowest BCUT2D eigenvalue weighted by Gasteiger charge is -2.19. The average Bonchev–Trinajstić information content (AvgIpc) is 2.36. The van der Waals surface area contributed by atoms with Crippen LogP contribution in [0.3, 0.4) is 0 Å². The topological polar surface area (TPSA) is 44.1 Å². The van der Waals surface area contributed by atoms with Crippen molar-refractivity contribution in [3.63, 3.8) is 0 Å². The third-order valence-corrected chi connectivity index (χ3v) is 2.10. The second-order valence-electron chi connectivity index (χ2n) is 2.91. The first-order chi connectivity index (χ1) is 5.25. The van der Waals surface area contributed by atoms with Gasteiger partial charge < -0.3 is 4.90 Å². The zero-order valence-electron chi connectivity index (χ0n) is 6.71. The molecule has 60 valence electrons. The van der Waals surface area contributed by atoms with Gasteiger partial charge in [-0.25, -0.2) is 0 Å². The average molecular weight is 152 g/mol. The molecule has 3 heteroatoms. The number of carbonyl (C=O) groups is 1. The van der Waals surface area contributed by atoms with Gasteiger partial charge in [-0.15, -0.1) is 0 Å². The summed E-state index contributed by atoms with van der Waals surface area (Å²) in [7, 11) is 0. The maximum absolute atomic E-state index is 11.2. The summed E-state index contributed by atoms with van der Waals surface area (Å²) < 4.78 is 0. The van der Waals surface area contributed by atoms with Crippen molar-refractivity contribution >= 4 is 5.91 Å². The Morgan fingerprint density at radius 3 is 3.00 bits per heavy atom. The number of rotatable bonds is 1. The molecule has 1 heterocycles. The summed E-state index contributed by atoms with van der Waals surface area (Å²) in [4.78, 5) is 13.0. The lowest BCUT2D eigenvalue weighted by atomic mass is 10.2. The lowest BCUT2D eigenvalue weighted by molar-refractivity contribution is -0.130. The van der Waals surface area contributed by atoms with Gasteiger partial charge in [-0.3, -0.25) is 4.79 Å². The van der Waals surface area contributed by atoms with E-state index in [0.29, 0.717) is 6.04 Å². The van der Waals surface area contributed by atoms with Crippen molar-refractivity contribution < 1.29 is 4.79 Å². The van der Waals surface area contributed by atoms with Crippen molar-refractivity contribution in [1.29, 1.82) is 5.26 Å². The molecule has 0 spiro atoms. The van der Waals surface area contributed by atoms with E-state index in [-0.39, 0.29) is 12.3 Å². The Kier molecular flexibility index (Phi) is 2.48. The first kappa shape index (κ1) is 8.06. The minimum absolute atomic E-state index is 0.0162. The molecule has 1 fully saturated rings. The van der Waals surface area contributed by atoms with Crippen molar-refractivity contribution in [3.05, 3.63) is 0 Å². The fourth-order valence-corrected chi connectivity index (χ4v) is 1.47. The van der Waals surface area contributed by atoms with E-state index >= 15 is 0 Å². The van der Waals surface area contributed by atoms with Crippen molar-refractivity contribution in [1.82, 2.24) is 4.90 Å². The predicted molar refractivity (Wildman–Crippen MR) is 40.6 cm³/mol. The van der Waals surface area contributed by atoms with Crippen LogP contribution >= 0.6 is 0 Å². The molecule has 1 amide bonds. The van der Waals surface area contributed by atoms with E-state index in [9.17, 15) is 4.79 Å². The first-order valence-corrected chi connectivity index (χ1v) is 3.92. The summed E-state index contributed by atoms with van der Waals surface area (Å²) in [5.41, 5.74) is 0. The molecule has 0 N–H and O–H groups in total. The summed E-state index contributed by atoms with van der Waals surface area (Å²) in [6.45, 7) is 2.87. The van der Waals surface area contributed by atoms with Gasteiger partial charge in [0.15, 0.2) is 0 Å². The second-order valence-corrected chi connectivity index (χ2v) is 2.91. The highest BCUT2D eigenvalue weighted by atomic mass is 16.2. The summed E-state index contributed by atoms with van der Waals surface area (Å²) in [6, 6.07) is 2.22. The lowest BCUT2D eigenvalue weighted by Crippen LogP contribution is -2.33. The van der Waals surface area contributed by atoms with Crippen LogP contribution in [0.15, 0.2) is 0 Å². The van der Waals surface area contributed by atoms with Gasteiger partial charge in [-0.2, -0.15) is 5.26 Å². The van der Waals surface area contributed by atoms with Crippen LogP contribution < -0.4 is 0 Å². The van der Waals surface area contributed by atoms with Crippen LogP contribution in [0.4, 0.5) is 0 Å². The van der Waals surface area contributed by atoms with Gasteiger partial charge >= 0.3 is 0 Å². The maximum atomic E-state index is 11.2. The predicted octanol–water partition coefficient (Wildman–Crippen LogP) is 0.911. The fourth-order valence-electron chi connectivity index (χ4n) is 1.47. The largest absolute Gasteiger partial charge is 0.339 e. The van der Waals surface area contributed by atoms with E-state index in [0.717, 1.165) is 19.4 Å². The van der Waals surface area contributed by atoms with Crippen LogP contribution in [0.1, 0.15) is 26.2 Å². The molecule has 0 radical (unpaired) electrons. The van der Waals surface area contributed by atoms with Crippen LogP contribution in [0.2, 0.25) is 0 Å². The van der Waals surface area contributed by atoms with Crippen LogP contribution in [0.25, 0.3) is 0 Å². The standard InChI is InChI=1S/C8H12N2O/c1-7-3-2-6-10(7)8(11)4-5-9/h7H,2-4,6H2,1H3/t7-/m0/s1. The molecule has 0 unspecified atom stereocenters. The Bertz CT molecular complexity index is 195. The molecular formula is C8H12N2O. The first-order valence-electron chi connectivity index (χ1n) is 3.92. The van der Waals surface area contributed by atoms with Gasteiger partial charge in [0.1, 0.15) is 6.42 Å². The highest BCUT2D eigenvalue weighted by Crippen LogP contribution is 2.16. The number of carbonyl (C=O) groups excluding carboxylic acids is 1. The van der Waals surface area contributed by atoms with Crippen molar-refractivity contribution in [2.45, 2.75) is 32.2 Å². The minimum Gasteiger partial charge on any atom is -0.339 e. The summed E-state index contributed by atoms with van der Waals surface area (Å²) in [6.07, 6.45) is 2.19. The van der Waals surface area contributed by atoms with Crippen LogP contribution in [-0.4, -0.2) is 23.4 Å². The molecule has 1 atom stereocenters. The smallest absolute Gasteiger partial charge is 0.237 e. The number of nitriles is 1. The Morgan fingerprint density at radius 1 is 1.82 bits per heavy atom. The van der Waals surface area contributed by atoms with Gasteiger partial charge in [-0.1, -0.05) is 0 Å². The molecule has 0 aromatic rings. The maximum Gasteiger partial charge on any atom is 0.237 e. The van der Waals surface area contributed by atoms with Crippen LogP contribution in [0.5, 0.6) is 0 Å².